The maximum absolute atomic E-state index is 4.36. The van der Waals surface area contributed by atoms with E-state index < -0.39 is 0 Å². The summed E-state index contributed by atoms with van der Waals surface area (Å²) < 4.78 is 2.27. The van der Waals surface area contributed by atoms with Gasteiger partial charge in [-0.3, -0.25) is 4.90 Å². The summed E-state index contributed by atoms with van der Waals surface area (Å²) in [6.45, 7) is 4.25. The van der Waals surface area contributed by atoms with E-state index in [-0.39, 0.29) is 0 Å². The first-order chi connectivity index (χ1) is 10.7. The van der Waals surface area contributed by atoms with Gasteiger partial charge in [-0.1, -0.05) is 30.3 Å². The van der Waals surface area contributed by atoms with Crippen molar-refractivity contribution in [2.45, 2.75) is 32.0 Å². The first kappa shape index (κ1) is 15.3. The van der Waals surface area contributed by atoms with Crippen molar-refractivity contribution in [1.82, 2.24) is 19.4 Å². The Morgan fingerprint density at radius 1 is 1.18 bits per heavy atom. The van der Waals surface area contributed by atoms with Crippen LogP contribution >= 0.6 is 0 Å². The predicted molar refractivity (Wildman–Crippen MR) is 89.8 cm³/mol. The Labute approximate surface area is 133 Å². The van der Waals surface area contributed by atoms with Crippen molar-refractivity contribution >= 4 is 0 Å². The summed E-state index contributed by atoms with van der Waals surface area (Å²) in [6, 6.07) is 11.3. The summed E-state index contributed by atoms with van der Waals surface area (Å²) in [5.74, 6) is 0. The minimum atomic E-state index is 0.680. The van der Waals surface area contributed by atoms with Crippen LogP contribution in [-0.4, -0.2) is 52.6 Å². The highest BCUT2D eigenvalue weighted by molar-refractivity contribution is 5.16. The van der Waals surface area contributed by atoms with Gasteiger partial charge in [-0.2, -0.15) is 0 Å². The maximum Gasteiger partial charge on any atom is 0.0951 e. The molecule has 4 heteroatoms. The molecule has 0 aliphatic carbocycles. The summed E-state index contributed by atoms with van der Waals surface area (Å²) in [4.78, 5) is 9.28. The molecule has 0 bridgehead atoms. The summed E-state index contributed by atoms with van der Waals surface area (Å²) in [7, 11) is 4.38. The van der Waals surface area contributed by atoms with Crippen LogP contribution in [0.15, 0.2) is 42.9 Å². The first-order valence-corrected chi connectivity index (χ1v) is 8.14. The molecule has 2 aromatic rings. The van der Waals surface area contributed by atoms with Crippen LogP contribution in [-0.2, 0) is 13.1 Å². The molecule has 118 valence electrons. The van der Waals surface area contributed by atoms with Gasteiger partial charge in [0.05, 0.1) is 12.0 Å². The van der Waals surface area contributed by atoms with Crippen molar-refractivity contribution in [3.05, 3.63) is 54.1 Å². The molecular weight excluding hydrogens is 272 g/mol. The molecule has 1 saturated heterocycles. The quantitative estimate of drug-likeness (QED) is 0.847. The Bertz CT molecular complexity index is 576. The molecule has 0 N–H and O–H groups in total. The number of likely N-dealkylation sites (tertiary alicyclic amines) is 1. The minimum absolute atomic E-state index is 0.680. The molecule has 1 aromatic heterocycles. The number of likely N-dealkylation sites (N-methyl/N-ethyl adjacent to an activating group) is 1. The fraction of sp³-hybridized carbons (Fsp3) is 0.500. The molecule has 22 heavy (non-hydrogen) atoms. The average molecular weight is 298 g/mol. The van der Waals surface area contributed by atoms with Gasteiger partial charge in [-0.05, 0) is 39.0 Å². The Morgan fingerprint density at radius 3 is 2.77 bits per heavy atom. The summed E-state index contributed by atoms with van der Waals surface area (Å²) in [6.07, 6.45) is 6.57. The van der Waals surface area contributed by atoms with Crippen LogP contribution in [0.5, 0.6) is 0 Å². The van der Waals surface area contributed by atoms with E-state index in [0.717, 1.165) is 19.6 Å². The first-order valence-electron chi connectivity index (χ1n) is 8.14. The third kappa shape index (κ3) is 3.76. The highest BCUT2D eigenvalue weighted by Gasteiger charge is 2.22. The minimum Gasteiger partial charge on any atom is -0.329 e. The number of benzene rings is 1. The zero-order chi connectivity index (χ0) is 15.4. The number of imidazole rings is 1. The molecule has 0 amide bonds. The van der Waals surface area contributed by atoms with Gasteiger partial charge in [0, 0.05) is 31.9 Å². The normalized spacial score (nSPS) is 19.7. The van der Waals surface area contributed by atoms with Crippen LogP contribution in [0.2, 0.25) is 0 Å². The Hall–Kier alpha value is -1.65. The van der Waals surface area contributed by atoms with E-state index in [1.165, 1.54) is 30.6 Å². The lowest BCUT2D eigenvalue weighted by atomic mass is 10.0. The van der Waals surface area contributed by atoms with E-state index in [0.29, 0.717) is 6.04 Å². The largest absolute Gasteiger partial charge is 0.329 e. The molecule has 3 rings (SSSR count). The second kappa shape index (κ2) is 7.07. The standard InChI is InChI=1S/C18H26N4/c1-20(2)17-9-6-10-21(13-17)14-18-11-19-15-22(18)12-16-7-4-3-5-8-16/h3-5,7-8,11,15,17H,6,9-10,12-14H2,1-2H3/t17-/m1/s1. The van der Waals surface area contributed by atoms with Gasteiger partial charge in [0.15, 0.2) is 0 Å². The average Bonchev–Trinajstić information content (AvgIpc) is 2.95. The van der Waals surface area contributed by atoms with Gasteiger partial charge in [-0.25, -0.2) is 4.98 Å². The molecule has 1 aliphatic rings. The lowest BCUT2D eigenvalue weighted by molar-refractivity contribution is 0.126. The van der Waals surface area contributed by atoms with Crippen molar-refractivity contribution in [3.8, 4) is 0 Å². The van der Waals surface area contributed by atoms with E-state index in [1.54, 1.807) is 0 Å². The van der Waals surface area contributed by atoms with Crippen molar-refractivity contribution in [1.29, 1.82) is 0 Å². The number of hydrogen-bond donors (Lipinski definition) is 0. The van der Waals surface area contributed by atoms with E-state index >= 15 is 0 Å². The van der Waals surface area contributed by atoms with Gasteiger partial charge in [0.2, 0.25) is 0 Å². The number of aromatic nitrogens is 2. The summed E-state index contributed by atoms with van der Waals surface area (Å²) in [5, 5.41) is 0. The SMILES string of the molecule is CN(C)[C@@H]1CCCN(Cc2cncn2Cc2ccccc2)C1. The lowest BCUT2D eigenvalue weighted by Crippen LogP contribution is -2.44. The molecule has 1 aromatic carbocycles. The Kier molecular flexibility index (Phi) is 4.90. The van der Waals surface area contributed by atoms with E-state index in [9.17, 15) is 0 Å². The molecule has 0 unspecified atom stereocenters. The summed E-state index contributed by atoms with van der Waals surface area (Å²) in [5.41, 5.74) is 2.63. The molecule has 0 radical (unpaired) electrons. The Morgan fingerprint density at radius 2 is 2.00 bits per heavy atom. The third-order valence-electron chi connectivity index (χ3n) is 4.59. The van der Waals surface area contributed by atoms with Crippen LogP contribution in [0.3, 0.4) is 0 Å². The van der Waals surface area contributed by atoms with Crippen LogP contribution in [0.4, 0.5) is 0 Å². The fourth-order valence-electron chi connectivity index (χ4n) is 3.23. The Balaban J connectivity index is 1.65. The molecule has 1 fully saturated rings. The highest BCUT2D eigenvalue weighted by atomic mass is 15.2. The van der Waals surface area contributed by atoms with E-state index in [2.05, 4.69) is 63.8 Å². The highest BCUT2D eigenvalue weighted by Crippen LogP contribution is 2.17. The number of hydrogen-bond acceptors (Lipinski definition) is 3. The van der Waals surface area contributed by atoms with Crippen molar-refractivity contribution in [3.63, 3.8) is 0 Å². The molecule has 2 heterocycles. The van der Waals surface area contributed by atoms with Gasteiger partial charge in [0.1, 0.15) is 0 Å². The van der Waals surface area contributed by atoms with Crippen molar-refractivity contribution in [2.24, 2.45) is 0 Å². The van der Waals surface area contributed by atoms with Crippen molar-refractivity contribution in [2.75, 3.05) is 27.2 Å². The fourth-order valence-corrected chi connectivity index (χ4v) is 3.23. The van der Waals surface area contributed by atoms with Crippen LogP contribution in [0.25, 0.3) is 0 Å². The van der Waals surface area contributed by atoms with E-state index in [1.807, 2.05) is 12.5 Å². The third-order valence-corrected chi connectivity index (χ3v) is 4.59. The topological polar surface area (TPSA) is 24.3 Å². The molecule has 1 aliphatic heterocycles. The zero-order valence-corrected chi connectivity index (χ0v) is 13.7. The molecule has 0 spiro atoms. The van der Waals surface area contributed by atoms with Gasteiger partial charge in [0.25, 0.3) is 0 Å². The molecule has 4 nitrogen and oxygen atoms in total. The van der Waals surface area contributed by atoms with Crippen LogP contribution < -0.4 is 0 Å². The molecule has 1 atom stereocenters. The maximum atomic E-state index is 4.36. The molecular formula is C18H26N4. The monoisotopic (exact) mass is 298 g/mol. The van der Waals surface area contributed by atoms with Gasteiger partial charge in [-0.15, -0.1) is 0 Å². The van der Waals surface area contributed by atoms with Gasteiger partial charge >= 0.3 is 0 Å². The number of nitrogens with zero attached hydrogens (tertiary/aromatic N) is 4. The number of piperidine rings is 1. The zero-order valence-electron chi connectivity index (χ0n) is 13.7. The van der Waals surface area contributed by atoms with Crippen molar-refractivity contribution < 1.29 is 0 Å². The second-order valence-corrected chi connectivity index (χ2v) is 6.49. The van der Waals surface area contributed by atoms with Gasteiger partial charge < -0.3 is 9.47 Å². The second-order valence-electron chi connectivity index (χ2n) is 6.49. The van der Waals surface area contributed by atoms with Crippen LogP contribution in [0.1, 0.15) is 24.1 Å². The lowest BCUT2D eigenvalue weighted by Gasteiger charge is -2.36. The van der Waals surface area contributed by atoms with Crippen LogP contribution in [0, 0.1) is 0 Å². The van der Waals surface area contributed by atoms with E-state index in [4.69, 9.17) is 0 Å². The summed E-state index contributed by atoms with van der Waals surface area (Å²) >= 11 is 0. The molecule has 0 saturated carbocycles. The number of rotatable bonds is 5. The predicted octanol–water partition coefficient (Wildman–Crippen LogP) is 2.46. The smallest absolute Gasteiger partial charge is 0.0951 e.